The molecule has 1 aromatic carbocycles. The number of nitrogens with one attached hydrogen (secondary N) is 1. The number of hydrogen-bond acceptors (Lipinski definition) is 6. The predicted octanol–water partition coefficient (Wildman–Crippen LogP) is 2.78. The average molecular weight is 288 g/mol. The molecule has 0 bridgehead atoms. The third-order valence-electron chi connectivity index (χ3n) is 2.64. The van der Waals surface area contributed by atoms with Crippen LogP contribution in [0.25, 0.3) is 0 Å². The zero-order chi connectivity index (χ0) is 15.2. The molecule has 0 saturated carbocycles. The molecule has 0 radical (unpaired) electrons. The van der Waals surface area contributed by atoms with Crippen LogP contribution in [0.1, 0.15) is 19.5 Å². The molecule has 0 aliphatic rings. The molecule has 0 fully saturated rings. The van der Waals surface area contributed by atoms with Gasteiger partial charge in [-0.3, -0.25) is 10.1 Å². The topological polar surface area (TPSA) is 90.2 Å². The minimum atomic E-state index is -0.452. The van der Waals surface area contributed by atoms with Crippen molar-refractivity contribution in [2.24, 2.45) is 0 Å². The molecule has 1 heterocycles. The lowest BCUT2D eigenvalue weighted by Gasteiger charge is -2.12. The lowest BCUT2D eigenvalue weighted by molar-refractivity contribution is -0.386. The summed E-state index contributed by atoms with van der Waals surface area (Å²) in [5.74, 6) is 0.252. The summed E-state index contributed by atoms with van der Waals surface area (Å²) in [6.45, 7) is 4.15. The molecule has 1 N–H and O–H groups in total. The van der Waals surface area contributed by atoms with Gasteiger partial charge in [-0.25, -0.2) is 9.97 Å². The second-order valence-electron chi connectivity index (χ2n) is 4.66. The second kappa shape index (κ2) is 6.65. The van der Waals surface area contributed by atoms with Crippen LogP contribution < -0.4 is 10.1 Å². The number of nitro benzene ring substituents is 1. The van der Waals surface area contributed by atoms with Crippen molar-refractivity contribution in [3.05, 3.63) is 52.6 Å². The van der Waals surface area contributed by atoms with Crippen LogP contribution in [-0.2, 0) is 6.54 Å². The Bertz CT molecular complexity index is 617. The van der Waals surface area contributed by atoms with Crippen molar-refractivity contribution in [3.8, 4) is 5.75 Å². The first-order valence-electron chi connectivity index (χ1n) is 6.50. The van der Waals surface area contributed by atoms with E-state index in [1.165, 1.54) is 12.4 Å². The van der Waals surface area contributed by atoms with E-state index in [4.69, 9.17) is 4.74 Å². The Balaban J connectivity index is 2.15. The van der Waals surface area contributed by atoms with Gasteiger partial charge in [-0.2, -0.15) is 0 Å². The molecule has 0 amide bonds. The van der Waals surface area contributed by atoms with Crippen molar-refractivity contribution in [2.45, 2.75) is 26.5 Å². The molecule has 0 atom stereocenters. The van der Waals surface area contributed by atoms with Gasteiger partial charge in [-0.15, -0.1) is 0 Å². The monoisotopic (exact) mass is 288 g/mol. The summed E-state index contributed by atoms with van der Waals surface area (Å²) in [5.41, 5.74) is 1.51. The normalized spacial score (nSPS) is 10.4. The van der Waals surface area contributed by atoms with Gasteiger partial charge in [-0.05, 0) is 26.0 Å². The summed E-state index contributed by atoms with van der Waals surface area (Å²) in [7, 11) is 0. The number of nitro groups is 1. The van der Waals surface area contributed by atoms with Crippen LogP contribution in [-0.4, -0.2) is 21.0 Å². The lowest BCUT2D eigenvalue weighted by Crippen LogP contribution is -2.08. The Labute approximate surface area is 122 Å². The lowest BCUT2D eigenvalue weighted by atomic mass is 10.2. The highest BCUT2D eigenvalue weighted by atomic mass is 16.6. The molecule has 2 aromatic rings. The van der Waals surface area contributed by atoms with E-state index in [-0.39, 0.29) is 17.5 Å². The van der Waals surface area contributed by atoms with Crippen LogP contribution in [0.2, 0.25) is 0 Å². The van der Waals surface area contributed by atoms with E-state index >= 15 is 0 Å². The van der Waals surface area contributed by atoms with E-state index in [2.05, 4.69) is 15.3 Å². The molecule has 1 aromatic heterocycles. The van der Waals surface area contributed by atoms with E-state index in [0.717, 1.165) is 11.4 Å². The Morgan fingerprint density at radius 3 is 2.81 bits per heavy atom. The molecular formula is C14H16N4O3. The van der Waals surface area contributed by atoms with Gasteiger partial charge in [-0.1, -0.05) is 0 Å². The Hall–Kier alpha value is -2.70. The van der Waals surface area contributed by atoms with Gasteiger partial charge < -0.3 is 10.1 Å². The van der Waals surface area contributed by atoms with Gasteiger partial charge in [0, 0.05) is 24.0 Å². The second-order valence-corrected chi connectivity index (χ2v) is 4.66. The summed E-state index contributed by atoms with van der Waals surface area (Å²) in [6.07, 6.45) is 2.99. The van der Waals surface area contributed by atoms with Gasteiger partial charge in [0.25, 0.3) is 0 Å². The highest BCUT2D eigenvalue weighted by molar-refractivity contribution is 5.58. The number of ether oxygens (including phenoxy) is 1. The van der Waals surface area contributed by atoms with Gasteiger partial charge in [0.15, 0.2) is 5.75 Å². The molecule has 0 aliphatic carbocycles. The minimum absolute atomic E-state index is 0.0451. The summed E-state index contributed by atoms with van der Waals surface area (Å²) < 4.78 is 5.49. The maximum Gasteiger partial charge on any atom is 0.311 e. The SMILES string of the molecule is CC(C)Oc1cc(NCc2ccncn2)ccc1[N+](=O)[O-]. The largest absolute Gasteiger partial charge is 0.484 e. The van der Waals surface area contributed by atoms with E-state index in [9.17, 15) is 10.1 Å². The Kier molecular flexibility index (Phi) is 4.65. The third-order valence-corrected chi connectivity index (χ3v) is 2.64. The molecule has 7 nitrogen and oxygen atoms in total. The third kappa shape index (κ3) is 4.13. The molecule has 0 spiro atoms. The van der Waals surface area contributed by atoms with Crippen LogP contribution in [0.3, 0.4) is 0 Å². The number of rotatable bonds is 6. The summed E-state index contributed by atoms with van der Waals surface area (Å²) in [5, 5.41) is 14.1. The Morgan fingerprint density at radius 2 is 2.19 bits per heavy atom. The fourth-order valence-electron chi connectivity index (χ4n) is 1.74. The number of benzene rings is 1. The number of anilines is 1. The molecule has 0 aliphatic heterocycles. The predicted molar refractivity (Wildman–Crippen MR) is 78.2 cm³/mol. The van der Waals surface area contributed by atoms with Crippen LogP contribution in [0.5, 0.6) is 5.75 Å². The number of hydrogen-bond donors (Lipinski definition) is 1. The van der Waals surface area contributed by atoms with Crippen molar-refractivity contribution in [3.63, 3.8) is 0 Å². The first-order chi connectivity index (χ1) is 10.1. The van der Waals surface area contributed by atoms with Crippen LogP contribution >= 0.6 is 0 Å². The summed E-state index contributed by atoms with van der Waals surface area (Å²) >= 11 is 0. The first-order valence-corrected chi connectivity index (χ1v) is 6.50. The average Bonchev–Trinajstić information content (AvgIpc) is 2.45. The van der Waals surface area contributed by atoms with E-state index < -0.39 is 4.92 Å². The van der Waals surface area contributed by atoms with Crippen molar-refractivity contribution >= 4 is 11.4 Å². The van der Waals surface area contributed by atoms with Crippen molar-refractivity contribution < 1.29 is 9.66 Å². The maximum absolute atomic E-state index is 11.0. The molecule has 21 heavy (non-hydrogen) atoms. The fourth-order valence-corrected chi connectivity index (χ4v) is 1.74. The van der Waals surface area contributed by atoms with Gasteiger partial charge in [0.2, 0.25) is 0 Å². The summed E-state index contributed by atoms with van der Waals surface area (Å²) in [4.78, 5) is 18.5. The van der Waals surface area contributed by atoms with E-state index in [1.807, 2.05) is 13.8 Å². The zero-order valence-corrected chi connectivity index (χ0v) is 11.8. The molecular weight excluding hydrogens is 272 g/mol. The highest BCUT2D eigenvalue weighted by Crippen LogP contribution is 2.31. The van der Waals surface area contributed by atoms with Gasteiger partial charge >= 0.3 is 5.69 Å². The minimum Gasteiger partial charge on any atom is -0.484 e. The van der Waals surface area contributed by atoms with Gasteiger partial charge in [0.1, 0.15) is 6.33 Å². The van der Waals surface area contributed by atoms with Crippen LogP contribution in [0, 0.1) is 10.1 Å². The Morgan fingerprint density at radius 1 is 1.38 bits per heavy atom. The standard InChI is InChI=1S/C14H16N4O3/c1-10(2)21-14-7-11(3-4-13(14)18(19)20)16-8-12-5-6-15-9-17-12/h3-7,9-10,16H,8H2,1-2H3. The smallest absolute Gasteiger partial charge is 0.311 e. The van der Waals surface area contributed by atoms with E-state index in [0.29, 0.717) is 6.54 Å². The quantitative estimate of drug-likeness (QED) is 0.649. The van der Waals surface area contributed by atoms with Crippen molar-refractivity contribution in [1.29, 1.82) is 0 Å². The molecule has 2 rings (SSSR count). The molecule has 0 unspecified atom stereocenters. The fraction of sp³-hybridized carbons (Fsp3) is 0.286. The molecule has 0 saturated heterocycles. The summed E-state index contributed by atoms with van der Waals surface area (Å²) in [6, 6.07) is 6.50. The molecule has 110 valence electrons. The van der Waals surface area contributed by atoms with E-state index in [1.54, 1.807) is 24.4 Å². The van der Waals surface area contributed by atoms with Gasteiger partial charge in [0.05, 0.1) is 23.3 Å². The molecule has 7 heteroatoms. The maximum atomic E-state index is 11.0. The van der Waals surface area contributed by atoms with Crippen LogP contribution in [0.4, 0.5) is 11.4 Å². The first kappa shape index (κ1) is 14.7. The number of nitrogens with zero attached hydrogens (tertiary/aromatic N) is 3. The van der Waals surface area contributed by atoms with Crippen molar-refractivity contribution in [2.75, 3.05) is 5.32 Å². The zero-order valence-electron chi connectivity index (χ0n) is 11.8. The van der Waals surface area contributed by atoms with Crippen molar-refractivity contribution in [1.82, 2.24) is 9.97 Å². The van der Waals surface area contributed by atoms with Crippen LogP contribution in [0.15, 0.2) is 36.8 Å². The number of aromatic nitrogens is 2. The highest BCUT2D eigenvalue weighted by Gasteiger charge is 2.16.